The number of imidazole rings is 1. The molecular weight excluding hydrogens is 364 g/mol. The molecule has 0 saturated carbocycles. The van der Waals surface area contributed by atoms with Crippen molar-refractivity contribution in [3.63, 3.8) is 0 Å². The summed E-state index contributed by atoms with van der Waals surface area (Å²) in [5.41, 5.74) is 4.16. The van der Waals surface area contributed by atoms with Crippen LogP contribution in [-0.4, -0.2) is 40.0 Å². The molecule has 6 nitrogen and oxygen atoms in total. The molecule has 27 heavy (non-hydrogen) atoms. The third-order valence-corrected chi connectivity index (χ3v) is 5.40. The number of amides is 1. The summed E-state index contributed by atoms with van der Waals surface area (Å²) >= 11 is 0. The van der Waals surface area contributed by atoms with E-state index in [-0.39, 0.29) is 24.4 Å². The molecule has 1 aromatic carbocycles. The quantitative estimate of drug-likeness (QED) is 0.749. The van der Waals surface area contributed by atoms with Crippen LogP contribution in [0.15, 0.2) is 35.2 Å². The summed E-state index contributed by atoms with van der Waals surface area (Å²) < 4.78 is 7.75. The average molecular weight is 389 g/mol. The lowest BCUT2D eigenvalue weighted by atomic mass is 10.0. The largest absolute Gasteiger partial charge is 0.464 e. The number of nitrogens with zero attached hydrogens (tertiary/aromatic N) is 3. The van der Waals surface area contributed by atoms with Crippen molar-refractivity contribution < 1.29 is 9.21 Å². The topological polar surface area (TPSA) is 63.3 Å². The van der Waals surface area contributed by atoms with Crippen molar-refractivity contribution in [2.75, 3.05) is 19.6 Å². The Morgan fingerprint density at radius 3 is 2.93 bits per heavy atom. The molecule has 1 aliphatic rings. The molecular formula is C20H25ClN4O2. The highest BCUT2D eigenvalue weighted by atomic mass is 35.5. The van der Waals surface area contributed by atoms with Crippen LogP contribution in [0.3, 0.4) is 0 Å². The van der Waals surface area contributed by atoms with Crippen LogP contribution in [0.5, 0.6) is 0 Å². The molecule has 1 unspecified atom stereocenters. The summed E-state index contributed by atoms with van der Waals surface area (Å²) in [6.07, 6.45) is 5.77. The molecule has 4 rings (SSSR count). The zero-order chi connectivity index (χ0) is 18.3. The number of carbonyl (C=O) groups is 1. The molecule has 0 radical (unpaired) electrons. The van der Waals surface area contributed by atoms with Crippen LogP contribution >= 0.6 is 12.4 Å². The minimum Gasteiger partial charge on any atom is -0.464 e. The smallest absolute Gasteiger partial charge is 0.227 e. The molecule has 1 fully saturated rings. The first-order chi connectivity index (χ1) is 12.6. The number of furan rings is 1. The number of benzene rings is 1. The normalized spacial score (nSPS) is 17.1. The fourth-order valence-electron chi connectivity index (χ4n) is 3.72. The van der Waals surface area contributed by atoms with Crippen molar-refractivity contribution in [1.29, 1.82) is 0 Å². The third kappa shape index (κ3) is 3.47. The number of hydrogen-bond acceptors (Lipinski definition) is 4. The molecule has 0 bridgehead atoms. The van der Waals surface area contributed by atoms with Crippen molar-refractivity contribution in [3.8, 4) is 0 Å². The summed E-state index contributed by atoms with van der Waals surface area (Å²) in [7, 11) is 1.97. The Kier molecular flexibility index (Phi) is 5.58. The highest BCUT2D eigenvalue weighted by Gasteiger charge is 2.30. The molecule has 1 amide bonds. The zero-order valence-electron chi connectivity index (χ0n) is 15.9. The van der Waals surface area contributed by atoms with Crippen LogP contribution in [0.2, 0.25) is 0 Å². The summed E-state index contributed by atoms with van der Waals surface area (Å²) in [4.78, 5) is 19.5. The van der Waals surface area contributed by atoms with E-state index in [4.69, 9.17) is 4.42 Å². The van der Waals surface area contributed by atoms with Gasteiger partial charge in [-0.15, -0.1) is 12.4 Å². The van der Waals surface area contributed by atoms with Gasteiger partial charge in [0.1, 0.15) is 17.4 Å². The lowest BCUT2D eigenvalue weighted by Crippen LogP contribution is -2.49. The highest BCUT2D eigenvalue weighted by Crippen LogP contribution is 2.28. The molecule has 0 spiro atoms. The second-order valence-corrected chi connectivity index (χ2v) is 7.03. The van der Waals surface area contributed by atoms with Gasteiger partial charge in [0.2, 0.25) is 5.91 Å². The molecule has 1 saturated heterocycles. The predicted octanol–water partition coefficient (Wildman–Crippen LogP) is 2.92. The van der Waals surface area contributed by atoms with Gasteiger partial charge < -0.3 is 19.2 Å². The standard InChI is InChI=1S/C20H24N4O2.ClH/c1-13-4-5-16-15(12-26-19(16)14(13)2)10-18(25)24-9-6-21-11-17(24)20-22-7-8-23(20)3;/h4-5,7-8,12,17,21H,6,9-11H2,1-3H3;1H. The highest BCUT2D eigenvalue weighted by molar-refractivity contribution is 5.89. The van der Waals surface area contributed by atoms with E-state index in [1.165, 1.54) is 5.56 Å². The van der Waals surface area contributed by atoms with E-state index < -0.39 is 0 Å². The molecule has 144 valence electrons. The Morgan fingerprint density at radius 1 is 1.37 bits per heavy atom. The number of fused-ring (bicyclic) bond motifs is 1. The van der Waals surface area contributed by atoms with E-state index in [0.29, 0.717) is 13.0 Å². The number of piperazine rings is 1. The van der Waals surface area contributed by atoms with E-state index in [1.54, 1.807) is 12.5 Å². The maximum absolute atomic E-state index is 13.1. The summed E-state index contributed by atoms with van der Waals surface area (Å²) in [5, 5.41) is 4.40. The number of aromatic nitrogens is 2. The Hall–Kier alpha value is -2.31. The van der Waals surface area contributed by atoms with Crippen molar-refractivity contribution in [3.05, 3.63) is 53.3 Å². The van der Waals surface area contributed by atoms with E-state index in [1.807, 2.05) is 22.7 Å². The van der Waals surface area contributed by atoms with Crippen LogP contribution < -0.4 is 5.32 Å². The Labute approximate surface area is 165 Å². The van der Waals surface area contributed by atoms with Gasteiger partial charge in [-0.3, -0.25) is 4.79 Å². The van der Waals surface area contributed by atoms with Gasteiger partial charge in [0.15, 0.2) is 0 Å². The lowest BCUT2D eigenvalue weighted by Gasteiger charge is -2.35. The van der Waals surface area contributed by atoms with Crippen molar-refractivity contribution in [2.45, 2.75) is 26.3 Å². The van der Waals surface area contributed by atoms with Crippen molar-refractivity contribution >= 4 is 29.3 Å². The second kappa shape index (κ2) is 7.74. The molecule has 1 N–H and O–H groups in total. The molecule has 7 heteroatoms. The molecule has 1 atom stereocenters. The molecule has 2 aromatic heterocycles. The summed E-state index contributed by atoms with van der Waals surface area (Å²) in [5.74, 6) is 1.02. The monoisotopic (exact) mass is 388 g/mol. The van der Waals surface area contributed by atoms with Crippen LogP contribution in [0.1, 0.15) is 28.6 Å². The SMILES string of the molecule is Cc1ccc2c(CC(=O)N3CCNCC3c3nccn3C)coc2c1C.Cl. The van der Waals surface area contributed by atoms with Crippen LogP contribution in [-0.2, 0) is 18.3 Å². The van der Waals surface area contributed by atoms with Crippen molar-refractivity contribution in [1.82, 2.24) is 19.8 Å². The van der Waals surface area contributed by atoms with Gasteiger partial charge in [0.05, 0.1) is 12.7 Å². The Morgan fingerprint density at radius 2 is 2.19 bits per heavy atom. The Bertz CT molecular complexity index is 962. The van der Waals surface area contributed by atoms with Crippen LogP contribution in [0.25, 0.3) is 11.0 Å². The first kappa shape index (κ1) is 19.5. The van der Waals surface area contributed by atoms with Gasteiger partial charge in [-0.2, -0.15) is 0 Å². The fraction of sp³-hybridized carbons (Fsp3) is 0.400. The van der Waals surface area contributed by atoms with Crippen LogP contribution in [0, 0.1) is 13.8 Å². The number of halogens is 1. The minimum absolute atomic E-state index is 0. The number of aryl methyl sites for hydroxylation is 3. The van der Waals surface area contributed by atoms with E-state index in [2.05, 4.69) is 36.3 Å². The van der Waals surface area contributed by atoms with Gasteiger partial charge in [-0.1, -0.05) is 12.1 Å². The zero-order valence-corrected chi connectivity index (χ0v) is 16.7. The first-order valence-electron chi connectivity index (χ1n) is 9.00. The summed E-state index contributed by atoms with van der Waals surface area (Å²) in [6, 6.07) is 4.10. The minimum atomic E-state index is -0.0432. The number of hydrogen-bond donors (Lipinski definition) is 1. The fourth-order valence-corrected chi connectivity index (χ4v) is 3.72. The van der Waals surface area contributed by atoms with E-state index >= 15 is 0 Å². The van der Waals surface area contributed by atoms with Crippen LogP contribution in [0.4, 0.5) is 0 Å². The molecule has 0 aliphatic carbocycles. The average Bonchev–Trinajstić information content (AvgIpc) is 3.25. The number of carbonyl (C=O) groups excluding carboxylic acids is 1. The Balaban J connectivity index is 0.00000210. The van der Waals surface area contributed by atoms with Gasteiger partial charge in [-0.05, 0) is 25.0 Å². The van der Waals surface area contributed by atoms with Gasteiger partial charge in [-0.25, -0.2) is 4.98 Å². The first-order valence-corrected chi connectivity index (χ1v) is 9.00. The molecule has 3 heterocycles. The van der Waals surface area contributed by atoms with Gasteiger partial charge >= 0.3 is 0 Å². The van der Waals surface area contributed by atoms with Gasteiger partial charge in [0.25, 0.3) is 0 Å². The van der Waals surface area contributed by atoms with Gasteiger partial charge in [0, 0.05) is 50.0 Å². The third-order valence-electron chi connectivity index (χ3n) is 5.40. The number of rotatable bonds is 3. The predicted molar refractivity (Wildman–Crippen MR) is 107 cm³/mol. The second-order valence-electron chi connectivity index (χ2n) is 7.03. The summed E-state index contributed by atoms with van der Waals surface area (Å²) in [6.45, 7) is 6.34. The van der Waals surface area contributed by atoms with Crippen molar-refractivity contribution in [2.24, 2.45) is 7.05 Å². The lowest BCUT2D eigenvalue weighted by molar-refractivity contribution is -0.134. The van der Waals surface area contributed by atoms with E-state index in [9.17, 15) is 4.79 Å². The number of nitrogens with one attached hydrogen (secondary N) is 1. The van der Waals surface area contributed by atoms with E-state index in [0.717, 1.165) is 41.0 Å². The maximum Gasteiger partial charge on any atom is 0.227 e. The molecule has 3 aromatic rings. The molecule has 1 aliphatic heterocycles. The maximum atomic E-state index is 13.1.